The van der Waals surface area contributed by atoms with Crippen LogP contribution in [-0.4, -0.2) is 11.0 Å². The van der Waals surface area contributed by atoms with Gasteiger partial charge < -0.3 is 5.32 Å². The lowest BCUT2D eigenvalue weighted by Crippen LogP contribution is -2.39. The first-order chi connectivity index (χ1) is 10.6. The molecule has 0 aliphatic carbocycles. The molecule has 0 fully saturated rings. The van der Waals surface area contributed by atoms with Gasteiger partial charge in [0.15, 0.2) is 0 Å². The van der Waals surface area contributed by atoms with Gasteiger partial charge in [0.25, 0.3) is 5.91 Å². The maximum Gasteiger partial charge on any atom is 0.267 e. The molecule has 1 atom stereocenters. The number of hydrogen-bond acceptors (Lipinski definition) is 4. The molecule has 0 saturated heterocycles. The van der Waals surface area contributed by atoms with Crippen molar-refractivity contribution in [3.63, 3.8) is 0 Å². The van der Waals surface area contributed by atoms with Crippen LogP contribution in [0, 0.1) is 6.92 Å². The maximum absolute atomic E-state index is 12.6. The van der Waals surface area contributed by atoms with Gasteiger partial charge in [-0.2, -0.15) is 5.10 Å². The largest absolute Gasteiger partial charge is 0.322 e. The van der Waals surface area contributed by atoms with E-state index in [1.54, 1.807) is 0 Å². The molecule has 1 amide bonds. The van der Waals surface area contributed by atoms with Crippen LogP contribution in [0.5, 0.6) is 0 Å². The summed E-state index contributed by atoms with van der Waals surface area (Å²) in [5.74, 6) is -0.0836. The van der Waals surface area contributed by atoms with Crippen molar-refractivity contribution in [3.8, 4) is 0 Å². The molecule has 4 nitrogen and oxygen atoms in total. The minimum atomic E-state index is -0.869. The zero-order chi connectivity index (χ0) is 15.3. The van der Waals surface area contributed by atoms with Crippen molar-refractivity contribution in [2.45, 2.75) is 11.8 Å². The van der Waals surface area contributed by atoms with Crippen LogP contribution in [0.2, 0.25) is 0 Å². The third-order valence-corrected chi connectivity index (χ3v) is 6.01. The van der Waals surface area contributed by atoms with E-state index >= 15 is 0 Å². The van der Waals surface area contributed by atoms with Gasteiger partial charge in [-0.3, -0.25) is 10.2 Å². The van der Waals surface area contributed by atoms with Gasteiger partial charge in [0.2, 0.25) is 4.87 Å². The van der Waals surface area contributed by atoms with Crippen molar-refractivity contribution in [1.29, 1.82) is 0 Å². The highest BCUT2D eigenvalue weighted by molar-refractivity contribution is 9.10. The van der Waals surface area contributed by atoms with Crippen molar-refractivity contribution >= 4 is 44.3 Å². The highest BCUT2D eigenvalue weighted by Crippen LogP contribution is 2.49. The van der Waals surface area contributed by atoms with Crippen LogP contribution in [0.4, 0.5) is 5.69 Å². The Balaban J connectivity index is 1.76. The number of carbonyl (C=O) groups excluding carboxylic acids is 1. The van der Waals surface area contributed by atoms with E-state index < -0.39 is 4.87 Å². The smallest absolute Gasteiger partial charge is 0.267 e. The van der Waals surface area contributed by atoms with Gasteiger partial charge in [0.05, 0.1) is 0 Å². The monoisotopic (exact) mass is 373 g/mol. The molecule has 2 N–H and O–H groups in total. The Morgan fingerprint density at radius 1 is 1.23 bits per heavy atom. The van der Waals surface area contributed by atoms with Crippen molar-refractivity contribution in [2.24, 2.45) is 5.10 Å². The first-order valence-corrected chi connectivity index (χ1v) is 8.42. The summed E-state index contributed by atoms with van der Waals surface area (Å²) in [7, 11) is 0. The standard InChI is InChI=1S/C16H12BrN3OS/c1-9-7-11-13(8-12(9)17)18-15(21)16(11)20-19-14(22-16)10-5-3-2-4-6-10/h2-8,20H,1H3,(H,18,21). The second kappa shape index (κ2) is 4.86. The summed E-state index contributed by atoms with van der Waals surface area (Å²) in [6.07, 6.45) is 0. The van der Waals surface area contributed by atoms with Crippen molar-refractivity contribution in [2.75, 3.05) is 5.32 Å². The molecule has 1 spiro atoms. The molecular weight excluding hydrogens is 362 g/mol. The second-order valence-electron chi connectivity index (χ2n) is 5.28. The molecule has 0 radical (unpaired) electrons. The summed E-state index contributed by atoms with van der Waals surface area (Å²) in [5.41, 5.74) is 6.91. The molecule has 2 aromatic carbocycles. The molecule has 1 unspecified atom stereocenters. The molecule has 2 aliphatic rings. The highest BCUT2D eigenvalue weighted by atomic mass is 79.9. The number of anilines is 1. The van der Waals surface area contributed by atoms with Gasteiger partial charge in [-0.15, -0.1) is 0 Å². The van der Waals surface area contributed by atoms with Gasteiger partial charge in [-0.05, 0) is 24.6 Å². The Bertz CT molecular complexity index is 822. The van der Waals surface area contributed by atoms with E-state index in [0.29, 0.717) is 0 Å². The van der Waals surface area contributed by atoms with E-state index in [0.717, 1.165) is 31.9 Å². The number of thioether (sulfide) groups is 1. The Labute approximate surface area is 140 Å². The van der Waals surface area contributed by atoms with E-state index in [1.165, 1.54) is 11.8 Å². The molecule has 4 rings (SSSR count). The summed E-state index contributed by atoms with van der Waals surface area (Å²) < 4.78 is 0.982. The number of rotatable bonds is 1. The van der Waals surface area contributed by atoms with E-state index in [1.807, 2.05) is 49.4 Å². The van der Waals surface area contributed by atoms with Crippen LogP contribution in [0.25, 0.3) is 0 Å². The van der Waals surface area contributed by atoms with E-state index in [2.05, 4.69) is 31.8 Å². The predicted octanol–water partition coefficient (Wildman–Crippen LogP) is 3.56. The first kappa shape index (κ1) is 13.8. The maximum atomic E-state index is 12.6. The average molecular weight is 374 g/mol. The van der Waals surface area contributed by atoms with Crippen LogP contribution < -0.4 is 10.7 Å². The molecule has 2 aromatic rings. The lowest BCUT2D eigenvalue weighted by atomic mass is 10.1. The Morgan fingerprint density at radius 3 is 2.77 bits per heavy atom. The molecule has 22 heavy (non-hydrogen) atoms. The van der Waals surface area contributed by atoms with Gasteiger partial charge >= 0.3 is 0 Å². The Morgan fingerprint density at radius 2 is 2.00 bits per heavy atom. The zero-order valence-electron chi connectivity index (χ0n) is 11.7. The molecule has 6 heteroatoms. The number of benzene rings is 2. The summed E-state index contributed by atoms with van der Waals surface area (Å²) in [6.45, 7) is 2.01. The topological polar surface area (TPSA) is 53.5 Å². The number of hydrogen-bond donors (Lipinski definition) is 2. The lowest BCUT2D eigenvalue weighted by molar-refractivity contribution is -0.118. The quantitative estimate of drug-likeness (QED) is 0.803. The summed E-state index contributed by atoms with van der Waals surface area (Å²) in [5, 5.41) is 8.17. The van der Waals surface area contributed by atoms with Gasteiger partial charge in [-0.1, -0.05) is 58.0 Å². The second-order valence-corrected chi connectivity index (χ2v) is 7.34. The number of nitrogens with one attached hydrogen (secondary N) is 2. The Kier molecular flexibility index (Phi) is 3.06. The van der Waals surface area contributed by atoms with Crippen LogP contribution >= 0.6 is 27.7 Å². The van der Waals surface area contributed by atoms with E-state index in [9.17, 15) is 4.79 Å². The predicted molar refractivity (Wildman–Crippen MR) is 92.9 cm³/mol. The fourth-order valence-corrected chi connectivity index (χ4v) is 4.14. The number of hydrazone groups is 1. The Hall–Kier alpha value is -1.79. The van der Waals surface area contributed by atoms with Crippen LogP contribution in [0.1, 0.15) is 16.7 Å². The van der Waals surface area contributed by atoms with E-state index in [4.69, 9.17) is 0 Å². The van der Waals surface area contributed by atoms with E-state index in [-0.39, 0.29) is 5.91 Å². The molecule has 0 aromatic heterocycles. The third-order valence-electron chi connectivity index (χ3n) is 3.83. The van der Waals surface area contributed by atoms with Crippen molar-refractivity contribution in [1.82, 2.24) is 5.43 Å². The molecular formula is C16H12BrN3OS. The lowest BCUT2D eigenvalue weighted by Gasteiger charge is -2.20. The number of fused-ring (bicyclic) bond motifs is 2. The molecule has 110 valence electrons. The van der Waals surface area contributed by atoms with Gasteiger partial charge in [0, 0.05) is 21.3 Å². The number of nitrogens with zero attached hydrogens (tertiary/aromatic N) is 1. The van der Waals surface area contributed by atoms with Crippen LogP contribution in [-0.2, 0) is 9.67 Å². The highest BCUT2D eigenvalue weighted by Gasteiger charge is 2.52. The first-order valence-electron chi connectivity index (χ1n) is 6.81. The van der Waals surface area contributed by atoms with Crippen LogP contribution in [0.15, 0.2) is 52.0 Å². The molecule has 2 heterocycles. The van der Waals surface area contributed by atoms with Crippen molar-refractivity contribution < 1.29 is 4.79 Å². The fraction of sp³-hybridized carbons (Fsp3) is 0.125. The number of halogens is 1. The van der Waals surface area contributed by atoms with Crippen LogP contribution in [0.3, 0.4) is 0 Å². The molecule has 0 bridgehead atoms. The van der Waals surface area contributed by atoms with Crippen molar-refractivity contribution in [3.05, 3.63) is 63.6 Å². The number of carbonyl (C=O) groups is 1. The summed E-state index contributed by atoms with van der Waals surface area (Å²) >= 11 is 4.96. The van der Waals surface area contributed by atoms with Gasteiger partial charge in [0.1, 0.15) is 5.04 Å². The number of aryl methyl sites for hydroxylation is 1. The summed E-state index contributed by atoms with van der Waals surface area (Å²) in [6, 6.07) is 13.9. The van der Waals surface area contributed by atoms with Gasteiger partial charge in [-0.25, -0.2) is 0 Å². The fourth-order valence-electron chi connectivity index (χ4n) is 2.65. The summed E-state index contributed by atoms with van der Waals surface area (Å²) in [4.78, 5) is 11.7. The average Bonchev–Trinajstić information content (AvgIpc) is 3.07. The SMILES string of the molecule is Cc1cc2c(cc1Br)NC(=O)C21NN=C(c2ccccc2)S1. The zero-order valence-corrected chi connectivity index (χ0v) is 14.1. The normalized spacial score (nSPS) is 22.3. The minimum absolute atomic E-state index is 0.0836. The minimum Gasteiger partial charge on any atom is -0.322 e. The molecule has 0 saturated carbocycles. The third kappa shape index (κ3) is 1.90. The number of amides is 1. The molecule has 2 aliphatic heterocycles.